The van der Waals surface area contributed by atoms with Gasteiger partial charge in [0.15, 0.2) is 12.4 Å². The van der Waals surface area contributed by atoms with Crippen LogP contribution in [0.3, 0.4) is 0 Å². The third-order valence-corrected chi connectivity index (χ3v) is 6.01. The summed E-state index contributed by atoms with van der Waals surface area (Å²) >= 11 is 6.11. The minimum atomic E-state index is -0.585. The average Bonchev–Trinajstić information content (AvgIpc) is 2.82. The molecule has 0 aliphatic heterocycles. The van der Waals surface area contributed by atoms with Gasteiger partial charge in [-0.15, -0.1) is 0 Å². The number of carbonyl (C=O) groups excluding carboxylic acids is 3. The molecular weight excluding hydrogens is 474 g/mol. The molecule has 3 aromatic rings. The van der Waals surface area contributed by atoms with Crippen molar-refractivity contribution in [3.05, 3.63) is 99.6 Å². The van der Waals surface area contributed by atoms with Gasteiger partial charge in [0.25, 0.3) is 5.91 Å². The molecule has 0 aromatic heterocycles. The fraction of sp³-hybridized carbons (Fsp3) is 0.300. The smallest absolute Gasteiger partial charge is 0.338 e. The predicted octanol–water partition coefficient (Wildman–Crippen LogP) is 6.96. The Morgan fingerprint density at radius 2 is 1.36 bits per heavy atom. The minimum absolute atomic E-state index is 0.163. The summed E-state index contributed by atoms with van der Waals surface area (Å²) in [6.07, 6.45) is 0. The molecule has 0 aliphatic carbocycles. The third kappa shape index (κ3) is 6.82. The summed E-state index contributed by atoms with van der Waals surface area (Å²) in [5.74, 6) is -1.42. The van der Waals surface area contributed by atoms with E-state index in [2.05, 4.69) is 52.9 Å². The molecule has 0 spiro atoms. The first-order valence-electron chi connectivity index (χ1n) is 11.8. The van der Waals surface area contributed by atoms with E-state index in [0.717, 1.165) is 11.1 Å². The maximum atomic E-state index is 13.0. The van der Waals surface area contributed by atoms with Gasteiger partial charge in [0, 0.05) is 16.1 Å². The second kappa shape index (κ2) is 10.7. The van der Waals surface area contributed by atoms with E-state index in [1.165, 1.54) is 6.07 Å². The first-order valence-corrected chi connectivity index (χ1v) is 12.2. The molecule has 0 saturated heterocycles. The number of anilines is 1. The van der Waals surface area contributed by atoms with E-state index in [9.17, 15) is 14.4 Å². The van der Waals surface area contributed by atoms with Crippen molar-refractivity contribution in [3.8, 4) is 0 Å². The number of ketones is 1. The van der Waals surface area contributed by atoms with Crippen molar-refractivity contribution in [2.75, 3.05) is 11.9 Å². The number of hydrogen-bond acceptors (Lipinski definition) is 4. The second-order valence-electron chi connectivity index (χ2n) is 10.8. The lowest BCUT2D eigenvalue weighted by molar-refractivity contribution is -0.119. The van der Waals surface area contributed by atoms with Crippen LogP contribution >= 0.6 is 11.6 Å². The first-order chi connectivity index (χ1) is 16.8. The van der Waals surface area contributed by atoms with Gasteiger partial charge in [-0.25, -0.2) is 4.79 Å². The lowest BCUT2D eigenvalue weighted by atomic mass is 9.79. The summed E-state index contributed by atoms with van der Waals surface area (Å²) in [5, 5.41) is 3.04. The van der Waals surface area contributed by atoms with Gasteiger partial charge in [0.05, 0.1) is 11.3 Å². The van der Waals surface area contributed by atoms with Crippen molar-refractivity contribution in [3.63, 3.8) is 0 Å². The van der Waals surface area contributed by atoms with E-state index < -0.39 is 18.5 Å². The molecule has 3 aromatic carbocycles. The fourth-order valence-corrected chi connectivity index (χ4v) is 3.74. The molecule has 0 heterocycles. The molecule has 6 heteroatoms. The Labute approximate surface area is 217 Å². The molecular formula is C30H32ClNO4. The van der Waals surface area contributed by atoms with E-state index in [0.29, 0.717) is 21.8 Å². The van der Waals surface area contributed by atoms with Gasteiger partial charge < -0.3 is 10.1 Å². The van der Waals surface area contributed by atoms with Crippen LogP contribution in [0, 0.1) is 0 Å². The largest absolute Gasteiger partial charge is 0.452 e. The monoisotopic (exact) mass is 505 g/mol. The number of ether oxygens (including phenoxy) is 1. The number of benzene rings is 3. The molecule has 0 unspecified atom stereocenters. The molecule has 1 N–H and O–H groups in total. The molecule has 188 valence electrons. The number of amides is 1. The standard InChI is InChI=1S/C30H32ClNO4/c1-29(2,3)21-14-20(15-22(16-21)30(4,5)6)28(35)36-18-26(33)32-25-13-12-23(31)17-24(25)27(34)19-10-8-7-9-11-19/h7-17H,18H2,1-6H3,(H,32,33). The Balaban J connectivity index is 1.76. The van der Waals surface area contributed by atoms with E-state index in [4.69, 9.17) is 16.3 Å². The molecule has 0 bridgehead atoms. The van der Waals surface area contributed by atoms with E-state index in [-0.39, 0.29) is 22.2 Å². The van der Waals surface area contributed by atoms with Gasteiger partial charge in [-0.1, -0.05) is 89.5 Å². The lowest BCUT2D eigenvalue weighted by Gasteiger charge is -2.25. The van der Waals surface area contributed by atoms with Gasteiger partial charge in [0.1, 0.15) is 0 Å². The molecule has 0 fully saturated rings. The highest BCUT2D eigenvalue weighted by atomic mass is 35.5. The van der Waals surface area contributed by atoms with Crippen molar-refractivity contribution in [2.45, 2.75) is 52.4 Å². The van der Waals surface area contributed by atoms with Crippen LogP contribution in [0.4, 0.5) is 5.69 Å². The summed E-state index contributed by atoms with van der Waals surface area (Å²) < 4.78 is 5.34. The Morgan fingerprint density at radius 1 is 0.778 bits per heavy atom. The van der Waals surface area contributed by atoms with E-state index in [1.807, 2.05) is 18.2 Å². The summed E-state index contributed by atoms with van der Waals surface area (Å²) in [5.41, 5.74) is 3.10. The quantitative estimate of drug-likeness (QED) is 0.290. The zero-order valence-corrected chi connectivity index (χ0v) is 22.3. The van der Waals surface area contributed by atoms with Crippen LogP contribution in [0.25, 0.3) is 0 Å². The Morgan fingerprint density at radius 3 is 1.92 bits per heavy atom. The Bertz CT molecular complexity index is 1250. The average molecular weight is 506 g/mol. The van der Waals surface area contributed by atoms with E-state index in [1.54, 1.807) is 36.4 Å². The van der Waals surface area contributed by atoms with Crippen LogP contribution in [-0.4, -0.2) is 24.3 Å². The van der Waals surface area contributed by atoms with Crippen molar-refractivity contribution < 1.29 is 19.1 Å². The van der Waals surface area contributed by atoms with Crippen molar-refractivity contribution in [1.29, 1.82) is 0 Å². The van der Waals surface area contributed by atoms with Gasteiger partial charge in [0.2, 0.25) is 0 Å². The number of hydrogen-bond donors (Lipinski definition) is 1. The Hall–Kier alpha value is -3.44. The predicted molar refractivity (Wildman–Crippen MR) is 144 cm³/mol. The number of rotatable bonds is 6. The minimum Gasteiger partial charge on any atom is -0.452 e. The maximum absolute atomic E-state index is 13.0. The topological polar surface area (TPSA) is 72.5 Å². The lowest BCUT2D eigenvalue weighted by Crippen LogP contribution is -2.23. The summed E-state index contributed by atoms with van der Waals surface area (Å²) in [6.45, 7) is 12.0. The van der Waals surface area contributed by atoms with Gasteiger partial charge in [-0.2, -0.15) is 0 Å². The number of esters is 1. The van der Waals surface area contributed by atoms with Crippen LogP contribution in [0.15, 0.2) is 66.7 Å². The zero-order valence-electron chi connectivity index (χ0n) is 21.6. The van der Waals surface area contributed by atoms with Gasteiger partial charge in [-0.05, 0) is 52.3 Å². The molecule has 0 saturated carbocycles. The highest BCUT2D eigenvalue weighted by Crippen LogP contribution is 2.30. The van der Waals surface area contributed by atoms with Crippen LogP contribution in [0.5, 0.6) is 0 Å². The van der Waals surface area contributed by atoms with Crippen molar-refractivity contribution in [2.24, 2.45) is 0 Å². The number of carbonyl (C=O) groups is 3. The molecule has 0 radical (unpaired) electrons. The second-order valence-corrected chi connectivity index (χ2v) is 11.2. The zero-order chi connectivity index (χ0) is 26.7. The molecule has 0 atom stereocenters. The molecule has 1 amide bonds. The highest BCUT2D eigenvalue weighted by Gasteiger charge is 2.23. The maximum Gasteiger partial charge on any atom is 0.338 e. The van der Waals surface area contributed by atoms with Crippen LogP contribution in [-0.2, 0) is 20.4 Å². The molecule has 5 nitrogen and oxygen atoms in total. The molecule has 0 aliphatic rings. The molecule has 36 heavy (non-hydrogen) atoms. The first kappa shape index (κ1) is 27.2. The van der Waals surface area contributed by atoms with Crippen LogP contribution in [0.1, 0.15) is 78.9 Å². The summed E-state index contributed by atoms with van der Waals surface area (Å²) in [6, 6.07) is 19.1. The van der Waals surface area contributed by atoms with Crippen molar-refractivity contribution in [1.82, 2.24) is 0 Å². The fourth-order valence-electron chi connectivity index (χ4n) is 3.57. The van der Waals surface area contributed by atoms with Crippen LogP contribution < -0.4 is 5.32 Å². The summed E-state index contributed by atoms with van der Waals surface area (Å²) in [7, 11) is 0. The third-order valence-electron chi connectivity index (χ3n) is 5.77. The van der Waals surface area contributed by atoms with Crippen LogP contribution in [0.2, 0.25) is 5.02 Å². The van der Waals surface area contributed by atoms with E-state index >= 15 is 0 Å². The summed E-state index contributed by atoms with van der Waals surface area (Å²) in [4.78, 5) is 38.5. The Kier molecular flexibility index (Phi) is 8.05. The van der Waals surface area contributed by atoms with Gasteiger partial charge in [-0.3, -0.25) is 9.59 Å². The number of nitrogens with one attached hydrogen (secondary N) is 1. The molecule has 3 rings (SSSR count). The number of halogens is 1. The van der Waals surface area contributed by atoms with Gasteiger partial charge >= 0.3 is 5.97 Å². The SMILES string of the molecule is CC(C)(C)c1cc(C(=O)OCC(=O)Nc2ccc(Cl)cc2C(=O)c2ccccc2)cc(C(C)(C)C)c1. The van der Waals surface area contributed by atoms with Crippen molar-refractivity contribution >= 4 is 34.9 Å². The normalized spacial score (nSPS) is 11.6. The highest BCUT2D eigenvalue weighted by molar-refractivity contribution is 6.31.